The van der Waals surface area contributed by atoms with Crippen molar-refractivity contribution in [1.29, 1.82) is 0 Å². The first-order valence-electron chi connectivity index (χ1n) is 5.01. The molecule has 1 aromatic heterocycles. The molecule has 14 heavy (non-hydrogen) atoms. The molecule has 1 saturated heterocycles. The Bertz CT molecular complexity index is 298. The summed E-state index contributed by atoms with van der Waals surface area (Å²) < 4.78 is 5.35. The van der Waals surface area contributed by atoms with E-state index in [-0.39, 0.29) is 6.61 Å². The summed E-state index contributed by atoms with van der Waals surface area (Å²) in [5, 5.41) is 8.81. The molecule has 0 aromatic carbocycles. The van der Waals surface area contributed by atoms with Crippen LogP contribution in [0.2, 0.25) is 0 Å². The molecule has 0 amide bonds. The van der Waals surface area contributed by atoms with Gasteiger partial charge in [0.05, 0.1) is 6.20 Å². The van der Waals surface area contributed by atoms with E-state index in [4.69, 9.17) is 9.52 Å². The van der Waals surface area contributed by atoms with E-state index in [2.05, 4.69) is 16.9 Å². The van der Waals surface area contributed by atoms with Gasteiger partial charge in [0.25, 0.3) is 0 Å². The van der Waals surface area contributed by atoms with Crippen molar-refractivity contribution in [2.24, 2.45) is 5.92 Å². The van der Waals surface area contributed by atoms with Gasteiger partial charge in [-0.1, -0.05) is 0 Å². The Balaban J connectivity index is 1.90. The number of rotatable bonds is 3. The molecule has 1 unspecified atom stereocenters. The van der Waals surface area contributed by atoms with Gasteiger partial charge in [-0.25, -0.2) is 4.98 Å². The van der Waals surface area contributed by atoms with Gasteiger partial charge in [-0.2, -0.15) is 0 Å². The Labute approximate surface area is 83.5 Å². The number of aromatic nitrogens is 1. The number of oxazole rings is 1. The van der Waals surface area contributed by atoms with Crippen molar-refractivity contribution in [2.75, 3.05) is 20.1 Å². The quantitative estimate of drug-likeness (QED) is 0.771. The lowest BCUT2D eigenvalue weighted by molar-refractivity contribution is 0.241. The lowest BCUT2D eigenvalue weighted by Gasteiger charge is -2.07. The fourth-order valence-corrected chi connectivity index (χ4v) is 1.96. The van der Waals surface area contributed by atoms with Gasteiger partial charge in [-0.15, -0.1) is 0 Å². The molecule has 0 radical (unpaired) electrons. The molecule has 2 heterocycles. The van der Waals surface area contributed by atoms with Crippen molar-refractivity contribution in [3.8, 4) is 0 Å². The Morgan fingerprint density at radius 3 is 3.14 bits per heavy atom. The lowest BCUT2D eigenvalue weighted by atomic mass is 10.1. The van der Waals surface area contributed by atoms with E-state index in [0.717, 1.165) is 25.4 Å². The van der Waals surface area contributed by atoms with Gasteiger partial charge < -0.3 is 14.4 Å². The summed E-state index contributed by atoms with van der Waals surface area (Å²) in [5.74, 6) is 1.98. The highest BCUT2D eigenvalue weighted by Gasteiger charge is 2.21. The van der Waals surface area contributed by atoms with Crippen LogP contribution in [-0.2, 0) is 13.0 Å². The number of aliphatic hydroxyl groups excluding tert-OH is 1. The number of aliphatic hydroxyl groups is 1. The third kappa shape index (κ3) is 2.13. The summed E-state index contributed by atoms with van der Waals surface area (Å²) in [7, 11) is 2.13. The molecule has 4 nitrogen and oxygen atoms in total. The molecule has 1 N–H and O–H groups in total. The van der Waals surface area contributed by atoms with E-state index in [1.807, 2.05) is 0 Å². The number of likely N-dealkylation sites (tertiary alicyclic amines) is 1. The highest BCUT2D eigenvalue weighted by molar-refractivity contribution is 4.94. The van der Waals surface area contributed by atoms with Crippen LogP contribution >= 0.6 is 0 Å². The van der Waals surface area contributed by atoms with E-state index < -0.39 is 0 Å². The standard InChI is InChI=1S/C10H16N2O2/c1-12-3-2-8(6-12)4-10-11-5-9(7-13)14-10/h5,8,13H,2-4,6-7H2,1H3. The Hall–Kier alpha value is -0.870. The second kappa shape index (κ2) is 4.11. The molecule has 0 saturated carbocycles. The molecule has 2 rings (SSSR count). The summed E-state index contributed by atoms with van der Waals surface area (Å²) in [4.78, 5) is 6.45. The van der Waals surface area contributed by atoms with Gasteiger partial charge in [0.2, 0.25) is 0 Å². The van der Waals surface area contributed by atoms with E-state index in [1.165, 1.54) is 6.42 Å². The molecule has 1 aliphatic heterocycles. The largest absolute Gasteiger partial charge is 0.443 e. The first kappa shape index (κ1) is 9.68. The fraction of sp³-hybridized carbons (Fsp3) is 0.700. The summed E-state index contributed by atoms with van der Waals surface area (Å²) in [5.41, 5.74) is 0. The van der Waals surface area contributed by atoms with Gasteiger partial charge in [0.1, 0.15) is 12.4 Å². The van der Waals surface area contributed by atoms with Gasteiger partial charge in [-0.3, -0.25) is 0 Å². The van der Waals surface area contributed by atoms with Gasteiger partial charge in [-0.05, 0) is 25.9 Å². The normalized spacial score (nSPS) is 23.1. The number of hydrogen-bond acceptors (Lipinski definition) is 4. The van der Waals surface area contributed by atoms with Gasteiger partial charge in [0.15, 0.2) is 5.89 Å². The van der Waals surface area contributed by atoms with Crippen LogP contribution in [0.15, 0.2) is 10.6 Å². The molecule has 4 heteroatoms. The topological polar surface area (TPSA) is 49.5 Å². The van der Waals surface area contributed by atoms with Crippen LogP contribution in [0.5, 0.6) is 0 Å². The van der Waals surface area contributed by atoms with Gasteiger partial charge >= 0.3 is 0 Å². The van der Waals surface area contributed by atoms with Crippen LogP contribution in [0.4, 0.5) is 0 Å². The minimum atomic E-state index is -0.0580. The van der Waals surface area contributed by atoms with Crippen molar-refractivity contribution < 1.29 is 9.52 Å². The molecule has 1 fully saturated rings. The molecule has 1 aliphatic rings. The van der Waals surface area contributed by atoms with E-state index >= 15 is 0 Å². The molecular formula is C10H16N2O2. The molecule has 0 bridgehead atoms. The van der Waals surface area contributed by atoms with Crippen molar-refractivity contribution in [3.05, 3.63) is 17.8 Å². The third-order valence-corrected chi connectivity index (χ3v) is 2.71. The molecule has 1 atom stereocenters. The van der Waals surface area contributed by atoms with Crippen molar-refractivity contribution in [2.45, 2.75) is 19.4 Å². The molecule has 1 aromatic rings. The molecule has 78 valence electrons. The van der Waals surface area contributed by atoms with Crippen LogP contribution in [0.1, 0.15) is 18.1 Å². The maximum atomic E-state index is 8.81. The first-order chi connectivity index (χ1) is 6.78. The molecule has 0 aliphatic carbocycles. The van der Waals surface area contributed by atoms with Crippen molar-refractivity contribution >= 4 is 0 Å². The van der Waals surface area contributed by atoms with Crippen LogP contribution in [0, 0.1) is 5.92 Å². The maximum Gasteiger partial charge on any atom is 0.194 e. The van der Waals surface area contributed by atoms with E-state index in [9.17, 15) is 0 Å². The lowest BCUT2D eigenvalue weighted by Crippen LogP contribution is -2.15. The second-order valence-electron chi connectivity index (χ2n) is 4.00. The maximum absolute atomic E-state index is 8.81. The van der Waals surface area contributed by atoms with E-state index in [1.54, 1.807) is 6.20 Å². The SMILES string of the molecule is CN1CCC(Cc2ncc(CO)o2)C1. The van der Waals surface area contributed by atoms with Crippen LogP contribution in [-0.4, -0.2) is 35.1 Å². The Kier molecular flexibility index (Phi) is 2.84. The zero-order chi connectivity index (χ0) is 9.97. The third-order valence-electron chi connectivity index (χ3n) is 2.71. The highest BCUT2D eigenvalue weighted by atomic mass is 16.4. The highest BCUT2D eigenvalue weighted by Crippen LogP contribution is 2.19. The van der Waals surface area contributed by atoms with Crippen molar-refractivity contribution in [3.63, 3.8) is 0 Å². The number of hydrogen-bond donors (Lipinski definition) is 1. The Morgan fingerprint density at radius 2 is 2.57 bits per heavy atom. The second-order valence-corrected chi connectivity index (χ2v) is 4.00. The monoisotopic (exact) mass is 196 g/mol. The van der Waals surface area contributed by atoms with Crippen LogP contribution in [0.3, 0.4) is 0 Å². The van der Waals surface area contributed by atoms with Crippen molar-refractivity contribution in [1.82, 2.24) is 9.88 Å². The van der Waals surface area contributed by atoms with Gasteiger partial charge in [0, 0.05) is 13.0 Å². The zero-order valence-corrected chi connectivity index (χ0v) is 8.44. The predicted molar refractivity (Wildman–Crippen MR) is 51.7 cm³/mol. The van der Waals surface area contributed by atoms with E-state index in [0.29, 0.717) is 11.7 Å². The first-order valence-corrected chi connectivity index (χ1v) is 5.01. The van der Waals surface area contributed by atoms with Crippen LogP contribution in [0.25, 0.3) is 0 Å². The van der Waals surface area contributed by atoms with Crippen LogP contribution < -0.4 is 0 Å². The fourth-order valence-electron chi connectivity index (χ4n) is 1.96. The average Bonchev–Trinajstić information content (AvgIpc) is 2.76. The minimum Gasteiger partial charge on any atom is -0.443 e. The predicted octanol–water partition coefficient (Wildman–Crippen LogP) is 0.661. The summed E-state index contributed by atoms with van der Waals surface area (Å²) in [6, 6.07) is 0. The average molecular weight is 196 g/mol. The Morgan fingerprint density at radius 1 is 1.71 bits per heavy atom. The zero-order valence-electron chi connectivity index (χ0n) is 8.44. The summed E-state index contributed by atoms with van der Waals surface area (Å²) >= 11 is 0. The summed E-state index contributed by atoms with van der Waals surface area (Å²) in [6.07, 6.45) is 3.71. The number of nitrogens with zero attached hydrogens (tertiary/aromatic N) is 2. The minimum absolute atomic E-state index is 0.0580. The molecular weight excluding hydrogens is 180 g/mol. The summed E-state index contributed by atoms with van der Waals surface area (Å²) in [6.45, 7) is 2.23. The molecule has 0 spiro atoms. The smallest absolute Gasteiger partial charge is 0.194 e.